The second-order valence-electron chi connectivity index (χ2n) is 5.52. The van der Waals surface area contributed by atoms with E-state index in [4.69, 9.17) is 11.6 Å². The van der Waals surface area contributed by atoms with Gasteiger partial charge in [-0.2, -0.15) is 0 Å². The van der Waals surface area contributed by atoms with Crippen LogP contribution in [0, 0.1) is 5.82 Å². The summed E-state index contributed by atoms with van der Waals surface area (Å²) in [6.07, 6.45) is 1.83. The van der Waals surface area contributed by atoms with Gasteiger partial charge in [0.05, 0.1) is 18.2 Å². The molecule has 0 aromatic heterocycles. The zero-order valence-electron chi connectivity index (χ0n) is 11.9. The van der Waals surface area contributed by atoms with Crippen molar-refractivity contribution < 1.29 is 14.0 Å². The van der Waals surface area contributed by atoms with Crippen LogP contribution in [-0.2, 0) is 16.1 Å². The van der Waals surface area contributed by atoms with E-state index in [9.17, 15) is 14.0 Å². The minimum absolute atomic E-state index is 0.0157. The van der Waals surface area contributed by atoms with Gasteiger partial charge in [-0.05, 0) is 25.0 Å². The van der Waals surface area contributed by atoms with Gasteiger partial charge in [-0.15, -0.1) is 11.8 Å². The topological polar surface area (TPSA) is 40.6 Å². The molecule has 1 aliphatic heterocycles. The first-order valence-corrected chi connectivity index (χ1v) is 8.67. The van der Waals surface area contributed by atoms with Crippen molar-refractivity contribution in [2.24, 2.45) is 0 Å². The summed E-state index contributed by atoms with van der Waals surface area (Å²) >= 11 is 7.55. The molecular formula is C15H16ClFN2O2S. The fraction of sp³-hybridized carbons (Fsp3) is 0.467. The molecule has 0 spiro atoms. The summed E-state index contributed by atoms with van der Waals surface area (Å²) in [5.41, 5.74) is 0.339. The van der Waals surface area contributed by atoms with Crippen LogP contribution in [0.15, 0.2) is 18.2 Å². The second kappa shape index (κ2) is 6.46. The lowest BCUT2D eigenvalue weighted by atomic mass is 10.2. The quantitative estimate of drug-likeness (QED) is 0.825. The number of nitrogens with zero attached hydrogens (tertiary/aromatic N) is 2. The molecule has 0 radical (unpaired) electrons. The third kappa shape index (κ3) is 3.38. The summed E-state index contributed by atoms with van der Waals surface area (Å²) < 4.78 is 13.9. The van der Waals surface area contributed by atoms with E-state index in [-0.39, 0.29) is 30.9 Å². The third-order valence-corrected chi connectivity index (χ3v) is 5.15. The van der Waals surface area contributed by atoms with E-state index in [1.807, 2.05) is 0 Å². The molecule has 1 aromatic rings. The molecule has 1 saturated heterocycles. The van der Waals surface area contributed by atoms with E-state index < -0.39 is 5.82 Å². The number of thioether (sulfide) groups is 1. The van der Waals surface area contributed by atoms with Gasteiger partial charge < -0.3 is 9.80 Å². The average Bonchev–Trinajstić information content (AvgIpc) is 3.23. The van der Waals surface area contributed by atoms with Gasteiger partial charge in [0.15, 0.2) is 0 Å². The Labute approximate surface area is 137 Å². The van der Waals surface area contributed by atoms with E-state index in [0.29, 0.717) is 22.2 Å². The predicted octanol–water partition coefficient (Wildman–Crippen LogP) is 2.50. The van der Waals surface area contributed by atoms with Crippen molar-refractivity contribution in [3.63, 3.8) is 0 Å². The summed E-state index contributed by atoms with van der Waals surface area (Å²) in [5.74, 6) is 0.411. The molecule has 0 atom stereocenters. The number of rotatable bonds is 5. The van der Waals surface area contributed by atoms with Crippen LogP contribution in [0.25, 0.3) is 0 Å². The highest BCUT2D eigenvalue weighted by Gasteiger charge is 2.35. The van der Waals surface area contributed by atoms with Crippen molar-refractivity contribution in [2.45, 2.75) is 25.4 Å². The van der Waals surface area contributed by atoms with Crippen molar-refractivity contribution in [2.75, 3.05) is 18.2 Å². The van der Waals surface area contributed by atoms with E-state index >= 15 is 0 Å². The molecule has 7 heteroatoms. The van der Waals surface area contributed by atoms with Gasteiger partial charge in [-0.3, -0.25) is 9.59 Å². The molecule has 0 unspecified atom stereocenters. The highest BCUT2D eigenvalue weighted by Crippen LogP contribution is 2.31. The maximum atomic E-state index is 13.9. The summed E-state index contributed by atoms with van der Waals surface area (Å²) in [6.45, 7) is 0.221. The van der Waals surface area contributed by atoms with Gasteiger partial charge in [0.1, 0.15) is 12.4 Å². The number of carbonyl (C=O) groups is 2. The Morgan fingerprint density at radius 3 is 2.82 bits per heavy atom. The molecule has 0 N–H and O–H groups in total. The summed E-state index contributed by atoms with van der Waals surface area (Å²) in [7, 11) is 0. The Kier molecular flexibility index (Phi) is 4.59. The fourth-order valence-corrected chi connectivity index (χ4v) is 3.58. The zero-order valence-corrected chi connectivity index (χ0v) is 13.5. The molecule has 2 aliphatic rings. The average molecular weight is 343 g/mol. The smallest absolute Gasteiger partial charge is 0.242 e. The van der Waals surface area contributed by atoms with E-state index in [2.05, 4.69) is 0 Å². The summed E-state index contributed by atoms with van der Waals surface area (Å²) in [4.78, 5) is 27.3. The molecule has 1 heterocycles. The SMILES string of the molecule is O=C1CSCN1CC(=O)N(Cc1c(F)cccc1Cl)C1CC1. The highest BCUT2D eigenvalue weighted by molar-refractivity contribution is 8.00. The van der Waals surface area contributed by atoms with Gasteiger partial charge in [-0.25, -0.2) is 4.39 Å². The van der Waals surface area contributed by atoms with Crippen molar-refractivity contribution in [3.8, 4) is 0 Å². The Balaban J connectivity index is 1.72. The number of amides is 2. The lowest BCUT2D eigenvalue weighted by Gasteiger charge is -2.25. The molecule has 22 heavy (non-hydrogen) atoms. The first kappa shape index (κ1) is 15.6. The molecular weight excluding hydrogens is 327 g/mol. The summed E-state index contributed by atoms with van der Waals surface area (Å²) in [5, 5.41) is 0.325. The minimum atomic E-state index is -0.404. The van der Waals surface area contributed by atoms with Gasteiger partial charge in [0.2, 0.25) is 11.8 Å². The molecule has 118 valence electrons. The largest absolute Gasteiger partial charge is 0.334 e. The number of halogens is 2. The van der Waals surface area contributed by atoms with E-state index in [1.54, 1.807) is 21.9 Å². The number of benzene rings is 1. The maximum absolute atomic E-state index is 13.9. The van der Waals surface area contributed by atoms with Crippen LogP contribution < -0.4 is 0 Å². The van der Waals surface area contributed by atoms with E-state index in [0.717, 1.165) is 12.8 Å². The second-order valence-corrected chi connectivity index (χ2v) is 6.88. The number of hydrogen-bond acceptors (Lipinski definition) is 3. The van der Waals surface area contributed by atoms with Crippen LogP contribution in [-0.4, -0.2) is 45.8 Å². The van der Waals surface area contributed by atoms with Crippen molar-refractivity contribution >= 4 is 35.2 Å². The fourth-order valence-electron chi connectivity index (χ4n) is 2.46. The first-order chi connectivity index (χ1) is 10.6. The first-order valence-electron chi connectivity index (χ1n) is 7.14. The van der Waals surface area contributed by atoms with Gasteiger partial charge in [0, 0.05) is 16.6 Å². The lowest BCUT2D eigenvalue weighted by Crippen LogP contribution is -2.42. The van der Waals surface area contributed by atoms with Crippen molar-refractivity contribution in [1.82, 2.24) is 9.80 Å². The van der Waals surface area contributed by atoms with Crippen molar-refractivity contribution in [3.05, 3.63) is 34.6 Å². The predicted molar refractivity (Wildman–Crippen MR) is 84.0 cm³/mol. The molecule has 2 amide bonds. The van der Waals surface area contributed by atoms with Crippen LogP contribution >= 0.6 is 23.4 Å². The minimum Gasteiger partial charge on any atom is -0.334 e. The Morgan fingerprint density at radius 2 is 2.23 bits per heavy atom. The molecule has 1 aliphatic carbocycles. The molecule has 0 bridgehead atoms. The Bertz CT molecular complexity index is 589. The zero-order chi connectivity index (χ0) is 15.7. The molecule has 1 aromatic carbocycles. The molecule has 4 nitrogen and oxygen atoms in total. The third-order valence-electron chi connectivity index (χ3n) is 3.85. The Morgan fingerprint density at radius 1 is 1.45 bits per heavy atom. The van der Waals surface area contributed by atoms with Crippen LogP contribution in [0.1, 0.15) is 18.4 Å². The molecule has 2 fully saturated rings. The van der Waals surface area contributed by atoms with Crippen LogP contribution in [0.2, 0.25) is 5.02 Å². The van der Waals surface area contributed by atoms with Gasteiger partial charge in [-0.1, -0.05) is 17.7 Å². The van der Waals surface area contributed by atoms with Gasteiger partial charge in [0.25, 0.3) is 0 Å². The van der Waals surface area contributed by atoms with Crippen LogP contribution in [0.3, 0.4) is 0 Å². The molecule has 3 rings (SSSR count). The Hall–Kier alpha value is -1.27. The van der Waals surface area contributed by atoms with Crippen molar-refractivity contribution in [1.29, 1.82) is 0 Å². The van der Waals surface area contributed by atoms with Gasteiger partial charge >= 0.3 is 0 Å². The summed E-state index contributed by atoms with van der Waals surface area (Å²) in [6, 6.07) is 4.64. The number of carbonyl (C=O) groups excluding carboxylic acids is 2. The monoisotopic (exact) mass is 342 g/mol. The molecule has 1 saturated carbocycles. The lowest BCUT2D eigenvalue weighted by molar-refractivity contribution is -0.138. The highest BCUT2D eigenvalue weighted by atomic mass is 35.5. The van der Waals surface area contributed by atoms with Crippen LogP contribution in [0.4, 0.5) is 4.39 Å². The van der Waals surface area contributed by atoms with E-state index in [1.165, 1.54) is 17.8 Å². The number of hydrogen-bond donors (Lipinski definition) is 0. The maximum Gasteiger partial charge on any atom is 0.242 e. The standard InChI is InChI=1S/C15H16ClFN2O2S/c16-12-2-1-3-13(17)11(12)6-19(10-4-5-10)14(20)7-18-9-22-8-15(18)21/h1-3,10H,4-9H2. The normalized spacial score (nSPS) is 17.9. The van der Waals surface area contributed by atoms with Crippen LogP contribution in [0.5, 0.6) is 0 Å².